The van der Waals surface area contributed by atoms with Crippen LogP contribution in [0.25, 0.3) is 0 Å². The van der Waals surface area contributed by atoms with Gasteiger partial charge in [0.15, 0.2) is 0 Å². The number of amides is 1. The van der Waals surface area contributed by atoms with Gasteiger partial charge in [0.05, 0.1) is 6.04 Å². The third-order valence-electron chi connectivity index (χ3n) is 2.90. The van der Waals surface area contributed by atoms with Crippen molar-refractivity contribution in [1.29, 1.82) is 0 Å². The number of nitrogens with zero attached hydrogens (tertiary/aromatic N) is 1. The van der Waals surface area contributed by atoms with E-state index >= 15 is 0 Å². The summed E-state index contributed by atoms with van der Waals surface area (Å²) in [6, 6.07) is 5.39. The number of aldehydes is 1. The van der Waals surface area contributed by atoms with E-state index in [2.05, 4.69) is 0 Å². The van der Waals surface area contributed by atoms with Crippen LogP contribution in [0, 0.1) is 5.82 Å². The maximum absolute atomic E-state index is 13.4. The Balaban J connectivity index is 3.06. The number of halogens is 1. The molecule has 1 aromatic rings. The molecule has 21 heavy (non-hydrogen) atoms. The SMILES string of the molecule is CCN(C(=O)OC(C)(C)C)C(CC=O)c1cccc(F)c1. The molecule has 0 saturated heterocycles. The standard InChI is InChI=1S/C16H22FNO3/c1-5-18(15(20)21-16(2,3)4)14(9-10-19)12-7-6-8-13(17)11-12/h6-8,10-11,14H,5,9H2,1-4H3. The van der Waals surface area contributed by atoms with Gasteiger partial charge in [-0.3, -0.25) is 0 Å². The van der Waals surface area contributed by atoms with Crippen LogP contribution in [0.4, 0.5) is 9.18 Å². The van der Waals surface area contributed by atoms with Gasteiger partial charge in [0.1, 0.15) is 17.7 Å². The maximum atomic E-state index is 13.4. The second-order valence-corrected chi connectivity index (χ2v) is 5.74. The minimum Gasteiger partial charge on any atom is -0.444 e. The van der Waals surface area contributed by atoms with Crippen molar-refractivity contribution in [3.05, 3.63) is 35.6 Å². The molecule has 0 spiro atoms. The first-order chi connectivity index (χ1) is 9.78. The number of benzene rings is 1. The summed E-state index contributed by atoms with van der Waals surface area (Å²) in [5.74, 6) is -0.399. The summed E-state index contributed by atoms with van der Waals surface area (Å²) in [5, 5.41) is 0. The zero-order chi connectivity index (χ0) is 16.0. The zero-order valence-corrected chi connectivity index (χ0v) is 12.9. The van der Waals surface area contributed by atoms with Gasteiger partial charge in [0, 0.05) is 13.0 Å². The molecular weight excluding hydrogens is 273 g/mol. The first-order valence-corrected chi connectivity index (χ1v) is 6.97. The van der Waals surface area contributed by atoms with E-state index in [1.807, 2.05) is 0 Å². The van der Waals surface area contributed by atoms with E-state index in [4.69, 9.17) is 4.74 Å². The lowest BCUT2D eigenvalue weighted by Crippen LogP contribution is -2.39. The zero-order valence-electron chi connectivity index (χ0n) is 12.9. The minimum absolute atomic E-state index is 0.0938. The Morgan fingerprint density at radius 3 is 2.57 bits per heavy atom. The molecule has 0 heterocycles. The summed E-state index contributed by atoms with van der Waals surface area (Å²) in [6.45, 7) is 7.48. The smallest absolute Gasteiger partial charge is 0.410 e. The fraction of sp³-hybridized carbons (Fsp3) is 0.500. The molecule has 0 aliphatic rings. The molecule has 1 aromatic carbocycles. The molecule has 0 N–H and O–H groups in total. The van der Waals surface area contributed by atoms with Gasteiger partial charge in [-0.25, -0.2) is 9.18 Å². The van der Waals surface area contributed by atoms with Gasteiger partial charge < -0.3 is 14.4 Å². The van der Waals surface area contributed by atoms with Gasteiger partial charge in [-0.2, -0.15) is 0 Å². The Hall–Kier alpha value is -1.91. The molecule has 1 amide bonds. The van der Waals surface area contributed by atoms with Crippen LogP contribution in [0.1, 0.15) is 45.7 Å². The predicted octanol–water partition coefficient (Wildman–Crippen LogP) is 3.71. The van der Waals surface area contributed by atoms with Crippen LogP contribution in [0.15, 0.2) is 24.3 Å². The van der Waals surface area contributed by atoms with Crippen LogP contribution in [0.5, 0.6) is 0 Å². The largest absolute Gasteiger partial charge is 0.444 e. The molecule has 116 valence electrons. The Morgan fingerprint density at radius 2 is 2.10 bits per heavy atom. The second-order valence-electron chi connectivity index (χ2n) is 5.74. The number of rotatable bonds is 5. The number of carbonyl (C=O) groups excluding carboxylic acids is 2. The van der Waals surface area contributed by atoms with Crippen LogP contribution in [-0.4, -0.2) is 29.4 Å². The number of hydrogen-bond acceptors (Lipinski definition) is 3. The Bertz CT molecular complexity index is 497. The topological polar surface area (TPSA) is 46.6 Å². The van der Waals surface area contributed by atoms with Crippen molar-refractivity contribution < 1.29 is 18.7 Å². The Kier molecular flexibility index (Phi) is 5.88. The fourth-order valence-corrected chi connectivity index (χ4v) is 2.05. The van der Waals surface area contributed by atoms with E-state index in [-0.39, 0.29) is 6.42 Å². The van der Waals surface area contributed by atoms with E-state index < -0.39 is 23.6 Å². The number of carbonyl (C=O) groups is 2. The highest BCUT2D eigenvalue weighted by Gasteiger charge is 2.28. The monoisotopic (exact) mass is 295 g/mol. The van der Waals surface area contributed by atoms with E-state index in [0.29, 0.717) is 12.1 Å². The van der Waals surface area contributed by atoms with Gasteiger partial charge in [-0.05, 0) is 45.4 Å². The van der Waals surface area contributed by atoms with Crippen LogP contribution < -0.4 is 0 Å². The third kappa shape index (κ3) is 5.17. The van der Waals surface area contributed by atoms with Gasteiger partial charge in [-0.1, -0.05) is 12.1 Å². The molecule has 0 bridgehead atoms. The first kappa shape index (κ1) is 17.1. The van der Waals surface area contributed by atoms with Crippen LogP contribution in [0.3, 0.4) is 0 Å². The predicted molar refractivity (Wildman–Crippen MR) is 78.4 cm³/mol. The molecule has 0 saturated carbocycles. The molecule has 0 fully saturated rings. The quantitative estimate of drug-likeness (QED) is 0.778. The Morgan fingerprint density at radius 1 is 1.43 bits per heavy atom. The number of hydrogen-bond donors (Lipinski definition) is 0. The van der Waals surface area contributed by atoms with Crippen molar-refractivity contribution in [3.63, 3.8) is 0 Å². The van der Waals surface area contributed by atoms with Gasteiger partial charge >= 0.3 is 6.09 Å². The average molecular weight is 295 g/mol. The first-order valence-electron chi connectivity index (χ1n) is 6.97. The van der Waals surface area contributed by atoms with E-state index in [0.717, 1.165) is 6.29 Å². The average Bonchev–Trinajstić information content (AvgIpc) is 2.36. The molecule has 0 aliphatic heterocycles. The highest BCUT2D eigenvalue weighted by molar-refractivity contribution is 5.69. The van der Waals surface area contributed by atoms with Crippen LogP contribution in [-0.2, 0) is 9.53 Å². The van der Waals surface area contributed by atoms with E-state index in [1.165, 1.54) is 17.0 Å². The molecular formula is C16H22FNO3. The molecule has 0 aromatic heterocycles. The molecule has 0 aliphatic carbocycles. The molecule has 1 rings (SSSR count). The minimum atomic E-state index is -0.627. The second kappa shape index (κ2) is 7.20. The van der Waals surface area contributed by atoms with Crippen LogP contribution >= 0.6 is 0 Å². The van der Waals surface area contributed by atoms with Crippen molar-refractivity contribution in [2.24, 2.45) is 0 Å². The fourth-order valence-electron chi connectivity index (χ4n) is 2.05. The molecule has 4 nitrogen and oxygen atoms in total. The summed E-state index contributed by atoms with van der Waals surface area (Å²) < 4.78 is 18.7. The van der Waals surface area contributed by atoms with Crippen molar-refractivity contribution >= 4 is 12.4 Å². The normalized spacial score (nSPS) is 12.6. The summed E-state index contributed by atoms with van der Waals surface area (Å²) in [5.41, 5.74) is -0.0483. The van der Waals surface area contributed by atoms with Crippen molar-refractivity contribution in [3.8, 4) is 0 Å². The summed E-state index contributed by atoms with van der Waals surface area (Å²) in [7, 11) is 0. The van der Waals surface area contributed by atoms with Crippen molar-refractivity contribution in [1.82, 2.24) is 4.90 Å². The van der Waals surface area contributed by atoms with Gasteiger partial charge in [0.25, 0.3) is 0 Å². The number of ether oxygens (including phenoxy) is 1. The van der Waals surface area contributed by atoms with Crippen LogP contribution in [0.2, 0.25) is 0 Å². The third-order valence-corrected chi connectivity index (χ3v) is 2.90. The molecule has 5 heteroatoms. The lowest BCUT2D eigenvalue weighted by molar-refractivity contribution is -0.108. The highest BCUT2D eigenvalue weighted by atomic mass is 19.1. The van der Waals surface area contributed by atoms with Gasteiger partial charge in [-0.15, -0.1) is 0 Å². The van der Waals surface area contributed by atoms with Gasteiger partial charge in [0.2, 0.25) is 0 Å². The van der Waals surface area contributed by atoms with Crippen molar-refractivity contribution in [2.45, 2.75) is 45.8 Å². The van der Waals surface area contributed by atoms with E-state index in [1.54, 1.807) is 39.8 Å². The molecule has 1 atom stereocenters. The lowest BCUT2D eigenvalue weighted by atomic mass is 10.0. The Labute approximate surface area is 124 Å². The highest BCUT2D eigenvalue weighted by Crippen LogP contribution is 2.26. The summed E-state index contributed by atoms with van der Waals surface area (Å²) >= 11 is 0. The summed E-state index contributed by atoms with van der Waals surface area (Å²) in [4.78, 5) is 24.6. The molecule has 0 radical (unpaired) electrons. The molecule has 1 unspecified atom stereocenters. The van der Waals surface area contributed by atoms with E-state index in [9.17, 15) is 14.0 Å². The summed E-state index contributed by atoms with van der Waals surface area (Å²) in [6.07, 6.45) is 0.306. The maximum Gasteiger partial charge on any atom is 0.410 e. The lowest BCUT2D eigenvalue weighted by Gasteiger charge is -2.32. The van der Waals surface area contributed by atoms with Crippen molar-refractivity contribution in [2.75, 3.05) is 6.54 Å².